The molecule has 108 valence electrons. The highest BCUT2D eigenvalue weighted by Gasteiger charge is 2.12. The molecule has 2 rings (SSSR count). The Kier molecular flexibility index (Phi) is 5.71. The zero-order chi connectivity index (χ0) is 14.9. The number of aryl methyl sites for hydroxylation is 1. The Morgan fingerprint density at radius 1 is 1.00 bits per heavy atom. The van der Waals surface area contributed by atoms with E-state index in [1.54, 1.807) is 24.3 Å². The third kappa shape index (κ3) is 4.88. The Balaban J connectivity index is 1.81. The van der Waals surface area contributed by atoms with Crippen molar-refractivity contribution in [1.29, 1.82) is 0 Å². The van der Waals surface area contributed by atoms with Crippen molar-refractivity contribution in [2.45, 2.75) is 25.3 Å². The Labute approximate surface area is 125 Å². The molecule has 0 aliphatic heterocycles. The predicted molar refractivity (Wildman–Crippen MR) is 83.1 cm³/mol. The van der Waals surface area contributed by atoms with Crippen molar-refractivity contribution in [2.75, 3.05) is 0 Å². The molecule has 1 atom stereocenters. The molecule has 0 fully saturated rings. The summed E-state index contributed by atoms with van der Waals surface area (Å²) in [7, 11) is 0. The van der Waals surface area contributed by atoms with Gasteiger partial charge in [0.2, 0.25) is 0 Å². The lowest BCUT2D eigenvalue weighted by Crippen LogP contribution is -2.36. The maximum absolute atomic E-state index is 12.0. The maximum Gasteiger partial charge on any atom is 0.251 e. The highest BCUT2D eigenvalue weighted by atomic mass is 16.2. The number of nitrogens with one attached hydrogen (secondary N) is 1. The summed E-state index contributed by atoms with van der Waals surface area (Å²) >= 11 is 0. The molecule has 0 bridgehead atoms. The zero-order valence-electron chi connectivity index (χ0n) is 11.9. The number of aldehydes is 1. The van der Waals surface area contributed by atoms with E-state index in [9.17, 15) is 9.59 Å². The van der Waals surface area contributed by atoms with Crippen molar-refractivity contribution < 1.29 is 9.59 Å². The van der Waals surface area contributed by atoms with Crippen LogP contribution in [-0.2, 0) is 11.2 Å². The molecule has 2 aromatic carbocycles. The van der Waals surface area contributed by atoms with Gasteiger partial charge in [-0.2, -0.15) is 0 Å². The number of benzene rings is 2. The Bertz CT molecular complexity index is 566. The highest BCUT2D eigenvalue weighted by Crippen LogP contribution is 2.07. The first-order valence-corrected chi connectivity index (χ1v) is 7.15. The number of carbonyl (C=O) groups is 2. The molecular formula is C18H19NO2. The molecule has 1 N–H and O–H groups in total. The molecule has 0 saturated carbocycles. The molecule has 0 aliphatic rings. The van der Waals surface area contributed by atoms with Crippen molar-refractivity contribution in [2.24, 2.45) is 0 Å². The Morgan fingerprint density at radius 2 is 1.62 bits per heavy atom. The first-order chi connectivity index (χ1) is 10.3. The Morgan fingerprint density at radius 3 is 2.24 bits per heavy atom. The highest BCUT2D eigenvalue weighted by molar-refractivity contribution is 5.95. The molecule has 0 aromatic heterocycles. The van der Waals surface area contributed by atoms with Crippen molar-refractivity contribution in [3.63, 3.8) is 0 Å². The SMILES string of the molecule is O=C[C@H](CCCc1ccccc1)NC(=O)c1ccccc1. The van der Waals surface area contributed by atoms with Gasteiger partial charge in [0.1, 0.15) is 6.29 Å². The third-order valence-electron chi connectivity index (χ3n) is 3.34. The molecule has 0 aliphatic carbocycles. The molecule has 3 nitrogen and oxygen atoms in total. The van der Waals surface area contributed by atoms with Gasteiger partial charge >= 0.3 is 0 Å². The van der Waals surface area contributed by atoms with E-state index in [1.807, 2.05) is 24.3 Å². The lowest BCUT2D eigenvalue weighted by atomic mass is 10.0. The minimum absolute atomic E-state index is 0.201. The van der Waals surface area contributed by atoms with Gasteiger partial charge in [0, 0.05) is 5.56 Å². The standard InChI is InChI=1S/C18H19NO2/c20-14-17(13-7-10-15-8-3-1-4-9-15)19-18(21)16-11-5-2-6-12-16/h1-6,8-9,11-12,14,17H,7,10,13H2,(H,19,21)/t17-/m0/s1. The number of hydrogen-bond acceptors (Lipinski definition) is 2. The van der Waals surface area contributed by atoms with Gasteiger partial charge in [-0.3, -0.25) is 4.79 Å². The van der Waals surface area contributed by atoms with E-state index < -0.39 is 6.04 Å². The van der Waals surface area contributed by atoms with E-state index in [1.165, 1.54) is 5.56 Å². The van der Waals surface area contributed by atoms with Crippen LogP contribution in [0.25, 0.3) is 0 Å². The molecule has 0 spiro atoms. The summed E-state index contributed by atoms with van der Waals surface area (Å²) in [6, 6.07) is 18.6. The molecule has 21 heavy (non-hydrogen) atoms. The van der Waals surface area contributed by atoms with E-state index >= 15 is 0 Å². The van der Waals surface area contributed by atoms with Crippen LogP contribution >= 0.6 is 0 Å². The molecule has 0 heterocycles. The summed E-state index contributed by atoms with van der Waals surface area (Å²) in [5.41, 5.74) is 1.82. The fourth-order valence-electron chi connectivity index (χ4n) is 2.19. The second kappa shape index (κ2) is 8.00. The summed E-state index contributed by atoms with van der Waals surface area (Å²) < 4.78 is 0. The van der Waals surface area contributed by atoms with Gasteiger partial charge in [-0.05, 0) is 37.0 Å². The van der Waals surface area contributed by atoms with Crippen molar-refractivity contribution in [3.05, 3.63) is 71.8 Å². The average Bonchev–Trinajstić information content (AvgIpc) is 2.55. The molecule has 1 amide bonds. The van der Waals surface area contributed by atoms with E-state index in [0.29, 0.717) is 12.0 Å². The minimum Gasteiger partial charge on any atom is -0.343 e. The van der Waals surface area contributed by atoms with Gasteiger partial charge in [0.15, 0.2) is 0 Å². The van der Waals surface area contributed by atoms with Gasteiger partial charge in [-0.1, -0.05) is 48.5 Å². The summed E-state index contributed by atoms with van der Waals surface area (Å²) in [5.74, 6) is -0.201. The largest absolute Gasteiger partial charge is 0.343 e. The van der Waals surface area contributed by atoms with Crippen LogP contribution in [0.2, 0.25) is 0 Å². The first-order valence-electron chi connectivity index (χ1n) is 7.15. The van der Waals surface area contributed by atoms with Crippen LogP contribution in [0.4, 0.5) is 0 Å². The summed E-state index contributed by atoms with van der Waals surface area (Å²) in [4.78, 5) is 23.1. The van der Waals surface area contributed by atoms with Crippen molar-refractivity contribution >= 4 is 12.2 Å². The van der Waals surface area contributed by atoms with Crippen LogP contribution < -0.4 is 5.32 Å². The molecule has 0 saturated heterocycles. The number of rotatable bonds is 7. The average molecular weight is 281 g/mol. The number of hydrogen-bond donors (Lipinski definition) is 1. The van der Waals surface area contributed by atoms with Crippen LogP contribution in [0.1, 0.15) is 28.8 Å². The Hall–Kier alpha value is -2.42. The van der Waals surface area contributed by atoms with E-state index in [0.717, 1.165) is 19.1 Å². The van der Waals surface area contributed by atoms with Gasteiger partial charge in [0.05, 0.1) is 6.04 Å². The molecule has 3 heteroatoms. The summed E-state index contributed by atoms with van der Waals surface area (Å²) in [6.07, 6.45) is 3.23. The molecule has 0 radical (unpaired) electrons. The van der Waals surface area contributed by atoms with Crippen molar-refractivity contribution in [1.82, 2.24) is 5.32 Å². The monoisotopic (exact) mass is 281 g/mol. The van der Waals surface area contributed by atoms with Gasteiger partial charge in [-0.15, -0.1) is 0 Å². The van der Waals surface area contributed by atoms with Gasteiger partial charge in [-0.25, -0.2) is 0 Å². The summed E-state index contributed by atoms with van der Waals surface area (Å²) in [6.45, 7) is 0. The molecular weight excluding hydrogens is 262 g/mol. The predicted octanol–water partition coefficient (Wildman–Crippen LogP) is 3.01. The first kappa shape index (κ1) is 15.0. The smallest absolute Gasteiger partial charge is 0.251 e. The third-order valence-corrected chi connectivity index (χ3v) is 3.34. The van der Waals surface area contributed by atoms with Crippen molar-refractivity contribution in [3.8, 4) is 0 Å². The van der Waals surface area contributed by atoms with E-state index in [2.05, 4.69) is 17.4 Å². The van der Waals surface area contributed by atoms with E-state index in [4.69, 9.17) is 0 Å². The number of carbonyl (C=O) groups excluding carboxylic acids is 2. The second-order valence-electron chi connectivity index (χ2n) is 4.96. The van der Waals surface area contributed by atoms with Crippen LogP contribution in [0, 0.1) is 0 Å². The fourth-order valence-corrected chi connectivity index (χ4v) is 2.19. The summed E-state index contributed by atoms with van der Waals surface area (Å²) in [5, 5.41) is 2.76. The topological polar surface area (TPSA) is 46.2 Å². The second-order valence-corrected chi connectivity index (χ2v) is 4.96. The lowest BCUT2D eigenvalue weighted by Gasteiger charge is -2.12. The van der Waals surface area contributed by atoms with Crippen LogP contribution in [0.3, 0.4) is 0 Å². The van der Waals surface area contributed by atoms with E-state index in [-0.39, 0.29) is 5.91 Å². The van der Waals surface area contributed by atoms with Crippen LogP contribution in [0.5, 0.6) is 0 Å². The number of amides is 1. The normalized spacial score (nSPS) is 11.6. The van der Waals surface area contributed by atoms with Gasteiger partial charge in [0.25, 0.3) is 5.91 Å². The molecule has 0 unspecified atom stereocenters. The minimum atomic E-state index is -0.429. The maximum atomic E-state index is 12.0. The van der Waals surface area contributed by atoms with Crippen LogP contribution in [-0.4, -0.2) is 18.2 Å². The lowest BCUT2D eigenvalue weighted by molar-refractivity contribution is -0.109. The fraction of sp³-hybridized carbons (Fsp3) is 0.222. The van der Waals surface area contributed by atoms with Crippen LogP contribution in [0.15, 0.2) is 60.7 Å². The quantitative estimate of drug-likeness (QED) is 0.793. The van der Waals surface area contributed by atoms with Gasteiger partial charge < -0.3 is 10.1 Å². The molecule has 2 aromatic rings. The zero-order valence-corrected chi connectivity index (χ0v) is 11.9.